The van der Waals surface area contributed by atoms with Crippen LogP contribution in [0.2, 0.25) is 0 Å². The first kappa shape index (κ1) is 33.3. The van der Waals surface area contributed by atoms with Crippen LogP contribution in [0.1, 0.15) is 44.5 Å². The number of primary amides is 1. The maximum atomic E-state index is 12.9. The number of nitrogens with zero attached hydrogens (tertiary/aromatic N) is 2. The van der Waals surface area contributed by atoms with Gasteiger partial charge in [0, 0.05) is 13.1 Å². The molecule has 0 saturated carbocycles. The minimum atomic E-state index is -1.33. The molecule has 0 aliphatic heterocycles. The van der Waals surface area contributed by atoms with Gasteiger partial charge >= 0.3 is 0 Å². The molecular formula is C27H36N8O7. The number of hydrogen-bond donors (Lipinski definition) is 7. The van der Waals surface area contributed by atoms with Gasteiger partial charge in [0.25, 0.3) is 5.91 Å². The van der Waals surface area contributed by atoms with E-state index >= 15 is 0 Å². The molecule has 226 valence electrons. The Labute approximate surface area is 242 Å². The van der Waals surface area contributed by atoms with Crippen LogP contribution in [0.3, 0.4) is 0 Å². The molecule has 0 radical (unpaired) electrons. The summed E-state index contributed by atoms with van der Waals surface area (Å²) < 4.78 is 0. The van der Waals surface area contributed by atoms with E-state index < -0.39 is 54.3 Å². The molecule has 0 saturated heterocycles. The van der Waals surface area contributed by atoms with Crippen LogP contribution in [0.15, 0.2) is 36.7 Å². The van der Waals surface area contributed by atoms with Crippen molar-refractivity contribution >= 4 is 41.1 Å². The predicted octanol–water partition coefficient (Wildman–Crippen LogP) is -1.17. The Kier molecular flexibility index (Phi) is 12.5. The second-order valence-electron chi connectivity index (χ2n) is 9.89. The lowest BCUT2D eigenvalue weighted by Crippen LogP contribution is -2.53. The van der Waals surface area contributed by atoms with E-state index in [4.69, 9.17) is 5.73 Å². The summed E-state index contributed by atoms with van der Waals surface area (Å²) in [7, 11) is 0. The summed E-state index contributed by atoms with van der Waals surface area (Å²) in [5.41, 5.74) is 6.34. The molecular weight excluding hydrogens is 548 g/mol. The number of aliphatic hydroxyl groups excluding tert-OH is 1. The Morgan fingerprint density at radius 1 is 0.857 bits per heavy atom. The fourth-order valence-corrected chi connectivity index (χ4v) is 3.60. The smallest absolute Gasteiger partial charge is 0.253 e. The molecule has 0 aliphatic rings. The van der Waals surface area contributed by atoms with Crippen molar-refractivity contribution < 1.29 is 33.9 Å². The predicted molar refractivity (Wildman–Crippen MR) is 151 cm³/mol. The van der Waals surface area contributed by atoms with E-state index in [0.29, 0.717) is 23.5 Å². The van der Waals surface area contributed by atoms with Crippen molar-refractivity contribution in [2.24, 2.45) is 11.7 Å². The molecule has 2 aromatic heterocycles. The first-order valence-electron chi connectivity index (χ1n) is 13.1. The largest absolute Gasteiger partial charge is 0.391 e. The third-order valence-corrected chi connectivity index (χ3v) is 5.66. The third-order valence-electron chi connectivity index (χ3n) is 5.66. The molecule has 2 heterocycles. The van der Waals surface area contributed by atoms with Gasteiger partial charge in [0.05, 0.1) is 48.0 Å². The van der Waals surface area contributed by atoms with Crippen LogP contribution in [0.25, 0.3) is 11.4 Å². The first-order valence-corrected chi connectivity index (χ1v) is 13.1. The molecule has 2 aromatic rings. The molecule has 0 aliphatic carbocycles. The second kappa shape index (κ2) is 15.8. The maximum absolute atomic E-state index is 12.9. The van der Waals surface area contributed by atoms with E-state index in [1.807, 2.05) is 13.8 Å². The summed E-state index contributed by atoms with van der Waals surface area (Å²) in [6.07, 6.45) is 1.81. The summed E-state index contributed by atoms with van der Waals surface area (Å²) in [6, 6.07) is 4.04. The summed E-state index contributed by atoms with van der Waals surface area (Å²) in [5, 5.41) is 22.2. The van der Waals surface area contributed by atoms with E-state index in [1.165, 1.54) is 38.4 Å². The lowest BCUT2D eigenvalue weighted by Gasteiger charge is -2.20. The average Bonchev–Trinajstić information content (AvgIpc) is 2.93. The molecule has 6 amide bonds. The van der Waals surface area contributed by atoms with Crippen molar-refractivity contribution in [3.05, 3.63) is 42.2 Å². The van der Waals surface area contributed by atoms with Crippen LogP contribution >= 0.6 is 0 Å². The zero-order valence-corrected chi connectivity index (χ0v) is 23.8. The quantitative estimate of drug-likeness (QED) is 0.141. The van der Waals surface area contributed by atoms with Gasteiger partial charge < -0.3 is 37.4 Å². The van der Waals surface area contributed by atoms with E-state index in [2.05, 4.69) is 36.6 Å². The van der Waals surface area contributed by atoms with Gasteiger partial charge in [-0.25, -0.2) is 0 Å². The SMILES string of the molecule is CC(=O)NCC(=O)N[C@@H](CC(C)C)C(=O)Nc1ccc(-c2ccc(C(=O)N[C@H](C(=O)NCC(N)=O)[C@@H](C)O)cn2)nc1. The number of carbonyl (C=O) groups is 6. The van der Waals surface area contributed by atoms with Crippen molar-refractivity contribution in [2.45, 2.75) is 52.3 Å². The van der Waals surface area contributed by atoms with Crippen molar-refractivity contribution in [2.75, 3.05) is 18.4 Å². The van der Waals surface area contributed by atoms with Crippen molar-refractivity contribution in [3.8, 4) is 11.4 Å². The molecule has 0 spiro atoms. The third kappa shape index (κ3) is 10.9. The minimum absolute atomic E-state index is 0.104. The lowest BCUT2D eigenvalue weighted by atomic mass is 10.0. The topological polar surface area (TPSA) is 235 Å². The number of nitrogens with one attached hydrogen (secondary N) is 5. The van der Waals surface area contributed by atoms with Crippen molar-refractivity contribution in [1.29, 1.82) is 0 Å². The lowest BCUT2D eigenvalue weighted by molar-refractivity contribution is -0.128. The molecule has 3 atom stereocenters. The molecule has 0 aromatic carbocycles. The van der Waals surface area contributed by atoms with Gasteiger partial charge in [-0.15, -0.1) is 0 Å². The summed E-state index contributed by atoms with van der Waals surface area (Å²) in [6.45, 7) is 5.73. The zero-order valence-electron chi connectivity index (χ0n) is 23.8. The number of carbonyl (C=O) groups excluding carboxylic acids is 6. The average molecular weight is 585 g/mol. The van der Waals surface area contributed by atoms with Crippen LogP contribution < -0.4 is 32.3 Å². The molecule has 8 N–H and O–H groups in total. The Morgan fingerprint density at radius 2 is 1.50 bits per heavy atom. The molecule has 2 rings (SSSR count). The Morgan fingerprint density at radius 3 is 2.00 bits per heavy atom. The van der Waals surface area contributed by atoms with Crippen LogP contribution in [-0.4, -0.2) is 81.8 Å². The first-order chi connectivity index (χ1) is 19.8. The number of amides is 6. The number of aliphatic hydroxyl groups is 1. The van der Waals surface area contributed by atoms with Gasteiger partial charge in [-0.3, -0.25) is 38.7 Å². The monoisotopic (exact) mass is 584 g/mol. The number of nitrogens with two attached hydrogens (primary N) is 1. The molecule has 15 nitrogen and oxygen atoms in total. The Bertz CT molecular complexity index is 1280. The molecule has 0 bridgehead atoms. The number of hydrogen-bond acceptors (Lipinski definition) is 9. The molecule has 15 heteroatoms. The molecule has 0 fully saturated rings. The van der Waals surface area contributed by atoms with Gasteiger partial charge in [-0.2, -0.15) is 0 Å². The van der Waals surface area contributed by atoms with Crippen LogP contribution in [0, 0.1) is 5.92 Å². The number of pyridine rings is 2. The second-order valence-corrected chi connectivity index (χ2v) is 9.89. The number of aromatic nitrogens is 2. The highest BCUT2D eigenvalue weighted by Gasteiger charge is 2.26. The standard InChI is InChI=1S/C27H36N8O7/c1-14(2)9-21(34-23(39)13-29-16(4)37)26(41)33-18-6-8-20(31-11-18)19-7-5-17(10-30-19)25(40)35-24(15(3)36)27(42)32-12-22(28)38/h5-8,10-11,14-15,21,24,36H,9,12-13H2,1-4H3,(H2,28,38)(H,29,37)(H,32,42)(H,33,41)(H,34,39)(H,35,40)/t15-,21+,24+/m1/s1. The van der Waals surface area contributed by atoms with E-state index in [9.17, 15) is 33.9 Å². The normalized spacial score (nSPS) is 12.8. The van der Waals surface area contributed by atoms with Gasteiger partial charge in [0.15, 0.2) is 0 Å². The number of rotatable bonds is 14. The highest BCUT2D eigenvalue weighted by Crippen LogP contribution is 2.18. The van der Waals surface area contributed by atoms with E-state index in [1.54, 1.807) is 12.1 Å². The Hall–Kier alpha value is -4.92. The van der Waals surface area contributed by atoms with Gasteiger partial charge in [0.2, 0.25) is 29.5 Å². The van der Waals surface area contributed by atoms with Gasteiger partial charge in [-0.05, 0) is 43.5 Å². The highest BCUT2D eigenvalue weighted by atomic mass is 16.3. The molecule has 42 heavy (non-hydrogen) atoms. The summed E-state index contributed by atoms with van der Waals surface area (Å²) in [5.74, 6) is -3.42. The maximum Gasteiger partial charge on any atom is 0.253 e. The van der Waals surface area contributed by atoms with Crippen LogP contribution in [-0.2, 0) is 24.0 Å². The summed E-state index contributed by atoms with van der Waals surface area (Å²) in [4.78, 5) is 80.3. The fraction of sp³-hybridized carbons (Fsp3) is 0.407. The Balaban J connectivity index is 2.04. The van der Waals surface area contributed by atoms with Crippen molar-refractivity contribution in [3.63, 3.8) is 0 Å². The van der Waals surface area contributed by atoms with Crippen molar-refractivity contribution in [1.82, 2.24) is 31.2 Å². The molecule has 0 unspecified atom stereocenters. The van der Waals surface area contributed by atoms with Gasteiger partial charge in [-0.1, -0.05) is 13.8 Å². The zero-order chi connectivity index (χ0) is 31.4. The van der Waals surface area contributed by atoms with Crippen LogP contribution in [0.4, 0.5) is 5.69 Å². The highest BCUT2D eigenvalue weighted by molar-refractivity contribution is 5.99. The van der Waals surface area contributed by atoms with E-state index in [-0.39, 0.29) is 23.9 Å². The van der Waals surface area contributed by atoms with Gasteiger partial charge in [0.1, 0.15) is 12.1 Å². The number of anilines is 1. The van der Waals surface area contributed by atoms with Crippen LogP contribution in [0.5, 0.6) is 0 Å². The fourth-order valence-electron chi connectivity index (χ4n) is 3.60. The minimum Gasteiger partial charge on any atom is -0.391 e. The summed E-state index contributed by atoms with van der Waals surface area (Å²) >= 11 is 0. The van der Waals surface area contributed by atoms with E-state index in [0.717, 1.165) is 0 Å².